The van der Waals surface area contributed by atoms with Crippen molar-refractivity contribution in [3.63, 3.8) is 0 Å². The van der Waals surface area contributed by atoms with Crippen LogP contribution in [0.3, 0.4) is 0 Å². The fraction of sp³-hybridized carbons (Fsp3) is 0.200. The highest BCUT2D eigenvalue weighted by atomic mass is 31.2. The van der Waals surface area contributed by atoms with E-state index in [4.69, 9.17) is 9.05 Å². The molecule has 0 aliphatic heterocycles. The third kappa shape index (κ3) is 3.29. The number of fused-ring (bicyclic) bond motifs is 1. The summed E-state index contributed by atoms with van der Waals surface area (Å²) >= 11 is 0. The Labute approximate surface area is 142 Å². The molecule has 0 heterocycles. The Hall–Kier alpha value is -1.93. The first kappa shape index (κ1) is 16.9. The standard InChI is InChI=1S/C20H21O3P/c1-3-22-24(21,23-4-2)20-12-8-7-11-19(20)18-14-13-16-9-5-6-10-17(16)15-18/h5-15H,3-4H2,1-2H3. The van der Waals surface area contributed by atoms with Crippen LogP contribution >= 0.6 is 7.60 Å². The summed E-state index contributed by atoms with van der Waals surface area (Å²) in [4.78, 5) is 0. The minimum Gasteiger partial charge on any atom is -0.305 e. The minimum atomic E-state index is -3.34. The summed E-state index contributed by atoms with van der Waals surface area (Å²) in [7, 11) is -3.34. The van der Waals surface area contributed by atoms with Gasteiger partial charge in [0.2, 0.25) is 0 Å². The van der Waals surface area contributed by atoms with Gasteiger partial charge in [0.1, 0.15) is 0 Å². The van der Waals surface area contributed by atoms with Gasteiger partial charge in [0, 0.05) is 0 Å². The molecule has 124 valence electrons. The molecule has 3 aromatic rings. The van der Waals surface area contributed by atoms with E-state index in [-0.39, 0.29) is 0 Å². The van der Waals surface area contributed by atoms with E-state index in [1.165, 1.54) is 5.39 Å². The van der Waals surface area contributed by atoms with Crippen molar-refractivity contribution in [1.82, 2.24) is 0 Å². The van der Waals surface area contributed by atoms with Crippen LogP contribution in [0.15, 0.2) is 66.7 Å². The molecule has 0 saturated heterocycles. The predicted octanol–water partition coefficient (Wildman–Crippen LogP) is 5.40. The topological polar surface area (TPSA) is 35.5 Å². The monoisotopic (exact) mass is 340 g/mol. The van der Waals surface area contributed by atoms with Crippen molar-refractivity contribution in [2.75, 3.05) is 13.2 Å². The van der Waals surface area contributed by atoms with Crippen molar-refractivity contribution in [3.05, 3.63) is 66.7 Å². The maximum absolute atomic E-state index is 13.2. The molecule has 0 aromatic heterocycles. The van der Waals surface area contributed by atoms with Crippen LogP contribution in [-0.4, -0.2) is 13.2 Å². The second kappa shape index (κ2) is 7.31. The normalized spacial score (nSPS) is 11.8. The summed E-state index contributed by atoms with van der Waals surface area (Å²) in [6.45, 7) is 4.32. The number of hydrogen-bond donors (Lipinski definition) is 0. The van der Waals surface area contributed by atoms with Crippen LogP contribution < -0.4 is 5.30 Å². The molecule has 3 nitrogen and oxygen atoms in total. The molecule has 0 fully saturated rings. The van der Waals surface area contributed by atoms with E-state index in [1.54, 1.807) is 0 Å². The number of hydrogen-bond acceptors (Lipinski definition) is 3. The molecule has 0 N–H and O–H groups in total. The van der Waals surface area contributed by atoms with Crippen LogP contribution in [0, 0.1) is 0 Å². The molecular formula is C20H21O3P. The van der Waals surface area contributed by atoms with Crippen molar-refractivity contribution in [2.24, 2.45) is 0 Å². The Morgan fingerprint density at radius 3 is 2.12 bits per heavy atom. The smallest absolute Gasteiger partial charge is 0.305 e. The molecule has 0 atom stereocenters. The summed E-state index contributed by atoms with van der Waals surface area (Å²) in [6.07, 6.45) is 0. The van der Waals surface area contributed by atoms with Crippen molar-refractivity contribution in [3.8, 4) is 11.1 Å². The van der Waals surface area contributed by atoms with Crippen molar-refractivity contribution >= 4 is 23.7 Å². The summed E-state index contributed by atoms with van der Waals surface area (Å²) in [6, 6.07) is 22.0. The first-order valence-corrected chi connectivity index (χ1v) is 9.70. The van der Waals surface area contributed by atoms with Crippen molar-refractivity contribution < 1.29 is 13.6 Å². The fourth-order valence-corrected chi connectivity index (χ4v) is 4.63. The molecule has 0 spiro atoms. The zero-order valence-corrected chi connectivity index (χ0v) is 14.8. The SMILES string of the molecule is CCOP(=O)(OCC)c1ccccc1-c1ccc2ccccc2c1. The first-order valence-electron chi connectivity index (χ1n) is 8.16. The molecule has 0 saturated carbocycles. The van der Waals surface area contributed by atoms with Gasteiger partial charge in [-0.3, -0.25) is 4.57 Å². The summed E-state index contributed by atoms with van der Waals surface area (Å²) in [5.74, 6) is 0. The van der Waals surface area contributed by atoms with E-state index in [1.807, 2.05) is 56.3 Å². The number of benzene rings is 3. The molecule has 3 rings (SSSR count). The summed E-state index contributed by atoms with van der Waals surface area (Å²) in [5, 5.41) is 2.94. The van der Waals surface area contributed by atoms with Gasteiger partial charge in [-0.1, -0.05) is 54.6 Å². The van der Waals surface area contributed by atoms with Gasteiger partial charge in [0.15, 0.2) is 0 Å². The molecule has 0 aliphatic carbocycles. The Kier molecular flexibility index (Phi) is 5.15. The zero-order valence-electron chi connectivity index (χ0n) is 13.9. The van der Waals surface area contributed by atoms with Gasteiger partial charge in [0.05, 0.1) is 18.5 Å². The Bertz CT molecular complexity index is 879. The van der Waals surface area contributed by atoms with E-state index in [0.717, 1.165) is 16.5 Å². The highest BCUT2D eigenvalue weighted by Gasteiger charge is 2.29. The van der Waals surface area contributed by atoms with Gasteiger partial charge in [-0.25, -0.2) is 0 Å². The van der Waals surface area contributed by atoms with Crippen LogP contribution in [0.25, 0.3) is 21.9 Å². The summed E-state index contributed by atoms with van der Waals surface area (Å²) in [5.41, 5.74) is 1.89. The largest absolute Gasteiger partial charge is 0.361 e. The molecule has 3 aromatic carbocycles. The predicted molar refractivity (Wildman–Crippen MR) is 99.9 cm³/mol. The number of rotatable bonds is 6. The lowest BCUT2D eigenvalue weighted by molar-refractivity contribution is 0.230. The van der Waals surface area contributed by atoms with Gasteiger partial charge < -0.3 is 9.05 Å². The molecular weight excluding hydrogens is 319 g/mol. The van der Waals surface area contributed by atoms with Crippen LogP contribution in [0.5, 0.6) is 0 Å². The van der Waals surface area contributed by atoms with Gasteiger partial charge in [-0.15, -0.1) is 0 Å². The van der Waals surface area contributed by atoms with Crippen LogP contribution in [0.2, 0.25) is 0 Å². The molecule has 24 heavy (non-hydrogen) atoms. The van der Waals surface area contributed by atoms with E-state index in [2.05, 4.69) is 24.3 Å². The van der Waals surface area contributed by atoms with Gasteiger partial charge in [0.25, 0.3) is 0 Å². The summed E-state index contributed by atoms with van der Waals surface area (Å²) < 4.78 is 24.3. The van der Waals surface area contributed by atoms with Crippen LogP contribution in [0.4, 0.5) is 0 Å². The van der Waals surface area contributed by atoms with E-state index < -0.39 is 7.60 Å². The Morgan fingerprint density at radius 1 is 0.792 bits per heavy atom. The molecule has 0 radical (unpaired) electrons. The van der Waals surface area contributed by atoms with E-state index in [0.29, 0.717) is 18.5 Å². The van der Waals surface area contributed by atoms with Gasteiger partial charge in [-0.05, 0) is 47.9 Å². The molecule has 0 aliphatic rings. The van der Waals surface area contributed by atoms with Crippen LogP contribution in [0.1, 0.15) is 13.8 Å². The lowest BCUT2D eigenvalue weighted by Gasteiger charge is -2.20. The first-order chi connectivity index (χ1) is 11.7. The molecule has 0 amide bonds. The molecule has 0 unspecified atom stereocenters. The second-order valence-corrected chi connectivity index (χ2v) is 7.41. The quantitative estimate of drug-likeness (QED) is 0.564. The minimum absolute atomic E-state index is 0.337. The maximum atomic E-state index is 13.2. The lowest BCUT2D eigenvalue weighted by atomic mass is 10.0. The van der Waals surface area contributed by atoms with Crippen LogP contribution in [-0.2, 0) is 13.6 Å². The second-order valence-electron chi connectivity index (χ2n) is 5.41. The third-order valence-electron chi connectivity index (χ3n) is 3.86. The molecule has 0 bridgehead atoms. The fourth-order valence-electron chi connectivity index (χ4n) is 2.83. The average molecular weight is 340 g/mol. The third-order valence-corrected chi connectivity index (χ3v) is 6.03. The molecule has 4 heteroatoms. The van der Waals surface area contributed by atoms with E-state index in [9.17, 15) is 4.57 Å². The Balaban J connectivity index is 2.15. The average Bonchev–Trinajstić information content (AvgIpc) is 2.62. The van der Waals surface area contributed by atoms with Crippen molar-refractivity contribution in [2.45, 2.75) is 13.8 Å². The maximum Gasteiger partial charge on any atom is 0.361 e. The van der Waals surface area contributed by atoms with Crippen molar-refractivity contribution in [1.29, 1.82) is 0 Å². The zero-order chi connectivity index (χ0) is 17.0. The van der Waals surface area contributed by atoms with Gasteiger partial charge >= 0.3 is 7.60 Å². The highest BCUT2D eigenvalue weighted by Crippen LogP contribution is 2.49. The lowest BCUT2D eigenvalue weighted by Crippen LogP contribution is -2.13. The Morgan fingerprint density at radius 2 is 1.42 bits per heavy atom. The highest BCUT2D eigenvalue weighted by molar-refractivity contribution is 7.62. The van der Waals surface area contributed by atoms with E-state index >= 15 is 0 Å². The van der Waals surface area contributed by atoms with Gasteiger partial charge in [-0.2, -0.15) is 0 Å².